The lowest BCUT2D eigenvalue weighted by Gasteiger charge is -2.18. The quantitative estimate of drug-likeness (QED) is 0.0942. The number of carboxylic acid groups (broad SMARTS) is 1. The molecule has 1 amide bonds. The van der Waals surface area contributed by atoms with Crippen molar-refractivity contribution in [1.29, 1.82) is 0 Å². The van der Waals surface area contributed by atoms with Gasteiger partial charge in [-0.05, 0) is 49.2 Å². The number of amides is 1. The molecule has 2 heterocycles. The van der Waals surface area contributed by atoms with Crippen molar-refractivity contribution in [3.8, 4) is 16.9 Å². The molecule has 2 aromatic carbocycles. The van der Waals surface area contributed by atoms with Crippen LogP contribution in [-0.2, 0) is 4.79 Å². The molecule has 0 bridgehead atoms. The van der Waals surface area contributed by atoms with E-state index in [-0.39, 0.29) is 23.2 Å². The SMILES string of the molecule is CCCCCCCNC(=O)c1ccc(C)c(-c2nc(NC(CO)CO)nc3c2ccc(=O)n3-c2c(F)cccc2F)c1.O=C(O)C(F)(F)F. The Bertz CT molecular complexity index is 1810. The van der Waals surface area contributed by atoms with Gasteiger partial charge in [0.05, 0.1) is 24.9 Å². The lowest BCUT2D eigenvalue weighted by atomic mass is 9.99. The zero-order valence-electron chi connectivity index (χ0n) is 26.7. The van der Waals surface area contributed by atoms with Gasteiger partial charge in [-0.15, -0.1) is 0 Å². The summed E-state index contributed by atoms with van der Waals surface area (Å²) in [5, 5.41) is 32.4. The average Bonchev–Trinajstić information content (AvgIpc) is 3.05. The van der Waals surface area contributed by atoms with E-state index in [2.05, 4.69) is 27.5 Å². The predicted octanol–water partition coefficient (Wildman–Crippen LogP) is 5.13. The highest BCUT2D eigenvalue weighted by molar-refractivity contribution is 5.98. The molecule has 0 aliphatic carbocycles. The summed E-state index contributed by atoms with van der Waals surface area (Å²) < 4.78 is 62.4. The smallest absolute Gasteiger partial charge is 0.475 e. The third-order valence-corrected chi connectivity index (χ3v) is 7.25. The number of hydrogen-bond acceptors (Lipinski definition) is 8. The largest absolute Gasteiger partial charge is 0.490 e. The number of fused-ring (bicyclic) bond motifs is 1. The molecule has 5 N–H and O–H groups in total. The minimum absolute atomic E-state index is 0.0944. The second-order valence-electron chi connectivity index (χ2n) is 10.9. The maximum absolute atomic E-state index is 14.9. The van der Waals surface area contributed by atoms with Crippen LogP contribution in [0.4, 0.5) is 27.9 Å². The molecular weight excluding hydrogens is 657 g/mol. The number of aromatic nitrogens is 3. The number of nitrogens with one attached hydrogen (secondary N) is 2. The first-order valence-electron chi connectivity index (χ1n) is 15.3. The number of carbonyl (C=O) groups is 2. The molecule has 0 saturated carbocycles. The monoisotopic (exact) mass is 693 g/mol. The van der Waals surface area contributed by atoms with E-state index >= 15 is 0 Å². The number of aliphatic hydroxyl groups excluding tert-OH is 2. The van der Waals surface area contributed by atoms with Crippen LogP contribution in [0.5, 0.6) is 0 Å². The van der Waals surface area contributed by atoms with Crippen LogP contribution in [0.15, 0.2) is 53.3 Å². The summed E-state index contributed by atoms with van der Waals surface area (Å²) in [7, 11) is 0. The number of rotatable bonds is 13. The van der Waals surface area contributed by atoms with Gasteiger partial charge in [0.25, 0.3) is 11.5 Å². The molecule has 0 spiro atoms. The van der Waals surface area contributed by atoms with Gasteiger partial charge in [-0.3, -0.25) is 14.2 Å². The maximum Gasteiger partial charge on any atom is 0.490 e. The number of halogens is 5. The average molecular weight is 694 g/mol. The molecule has 264 valence electrons. The van der Waals surface area contributed by atoms with Gasteiger partial charge in [0, 0.05) is 29.1 Å². The van der Waals surface area contributed by atoms with Gasteiger partial charge in [-0.2, -0.15) is 18.2 Å². The van der Waals surface area contributed by atoms with Crippen molar-refractivity contribution in [1.82, 2.24) is 19.9 Å². The highest BCUT2D eigenvalue weighted by atomic mass is 19.4. The van der Waals surface area contributed by atoms with Gasteiger partial charge in [0.2, 0.25) is 5.95 Å². The first kappa shape index (κ1) is 38.5. The van der Waals surface area contributed by atoms with Crippen molar-refractivity contribution in [3.63, 3.8) is 0 Å². The van der Waals surface area contributed by atoms with E-state index in [4.69, 9.17) is 9.90 Å². The maximum atomic E-state index is 14.9. The van der Waals surface area contributed by atoms with Gasteiger partial charge < -0.3 is 26.0 Å². The second-order valence-corrected chi connectivity index (χ2v) is 10.9. The Kier molecular flexibility index (Phi) is 13.7. The van der Waals surface area contributed by atoms with Crippen LogP contribution in [0.1, 0.15) is 54.9 Å². The molecule has 0 radical (unpaired) electrons. The molecule has 0 unspecified atom stereocenters. The Morgan fingerprint density at radius 1 is 0.939 bits per heavy atom. The molecule has 0 fully saturated rings. The molecule has 4 rings (SSSR count). The van der Waals surface area contributed by atoms with E-state index in [1.165, 1.54) is 18.2 Å². The highest BCUT2D eigenvalue weighted by Gasteiger charge is 2.38. The Hall–Kier alpha value is -4.96. The molecular formula is C33H36F5N5O6. The Morgan fingerprint density at radius 3 is 2.16 bits per heavy atom. The van der Waals surface area contributed by atoms with Crippen molar-refractivity contribution >= 4 is 28.9 Å². The number of benzene rings is 2. The van der Waals surface area contributed by atoms with E-state index in [0.717, 1.165) is 54.4 Å². The number of carboxylic acids is 1. The standard InChI is InChI=1S/C31H35F2N5O4.C2HF3O2/c1-3-4-5-6-7-15-34-30(42)20-12-11-19(2)23(16-20)27-22-13-14-26(41)38(28-24(32)9-8-10-25(28)33)29(22)37-31(36-27)35-21(17-39)18-40;3-2(4,5)1(6)7/h8-14,16,21,39-40H,3-7,15,17-18H2,1-2H3,(H,34,42)(H,35,36,37);(H,6,7). The number of alkyl halides is 3. The number of aliphatic hydroxyl groups is 2. The summed E-state index contributed by atoms with van der Waals surface area (Å²) in [5.41, 5.74) is 0.518. The van der Waals surface area contributed by atoms with Crippen LogP contribution in [0.25, 0.3) is 28.0 Å². The van der Waals surface area contributed by atoms with Gasteiger partial charge in [-0.1, -0.05) is 44.7 Å². The molecule has 49 heavy (non-hydrogen) atoms. The fraction of sp³-hybridized carbons (Fsp3) is 0.364. The fourth-order valence-electron chi connectivity index (χ4n) is 4.69. The van der Waals surface area contributed by atoms with Crippen LogP contribution in [0.2, 0.25) is 0 Å². The van der Waals surface area contributed by atoms with E-state index in [9.17, 15) is 41.8 Å². The van der Waals surface area contributed by atoms with Crippen LogP contribution in [0.3, 0.4) is 0 Å². The Morgan fingerprint density at radius 2 is 1.57 bits per heavy atom. The number of nitrogens with zero attached hydrogens (tertiary/aromatic N) is 3. The molecule has 0 saturated heterocycles. The van der Waals surface area contributed by atoms with Gasteiger partial charge >= 0.3 is 12.1 Å². The van der Waals surface area contributed by atoms with E-state index in [1.54, 1.807) is 18.2 Å². The first-order valence-corrected chi connectivity index (χ1v) is 15.3. The third-order valence-electron chi connectivity index (χ3n) is 7.25. The summed E-state index contributed by atoms with van der Waals surface area (Å²) in [4.78, 5) is 43.9. The minimum Gasteiger partial charge on any atom is -0.475 e. The lowest BCUT2D eigenvalue weighted by molar-refractivity contribution is -0.192. The second kappa shape index (κ2) is 17.4. The van der Waals surface area contributed by atoms with E-state index in [1.807, 2.05) is 6.92 Å². The van der Waals surface area contributed by atoms with Gasteiger partial charge in [0.15, 0.2) is 5.65 Å². The summed E-state index contributed by atoms with van der Waals surface area (Å²) in [5.74, 6) is -5.04. The Balaban J connectivity index is 0.000000838. The molecule has 0 atom stereocenters. The topological polar surface area (TPSA) is 167 Å². The predicted molar refractivity (Wildman–Crippen MR) is 172 cm³/mol. The third kappa shape index (κ3) is 10.0. The highest BCUT2D eigenvalue weighted by Crippen LogP contribution is 2.32. The van der Waals surface area contributed by atoms with Crippen molar-refractivity contribution in [2.24, 2.45) is 0 Å². The normalized spacial score (nSPS) is 11.3. The first-order chi connectivity index (χ1) is 23.2. The number of aliphatic carboxylic acids is 1. The minimum atomic E-state index is -5.08. The number of aryl methyl sites for hydroxylation is 1. The number of anilines is 1. The van der Waals surface area contributed by atoms with Crippen molar-refractivity contribution < 1.29 is 46.9 Å². The molecule has 11 nitrogen and oxygen atoms in total. The lowest BCUT2D eigenvalue weighted by Crippen LogP contribution is -2.29. The molecule has 4 aromatic rings. The molecule has 0 aliphatic rings. The zero-order valence-corrected chi connectivity index (χ0v) is 26.7. The number of carbonyl (C=O) groups excluding carboxylic acids is 1. The van der Waals surface area contributed by atoms with Crippen molar-refractivity contribution in [2.45, 2.75) is 58.2 Å². The summed E-state index contributed by atoms with van der Waals surface area (Å²) >= 11 is 0. The van der Waals surface area contributed by atoms with E-state index in [0.29, 0.717) is 23.1 Å². The fourth-order valence-corrected chi connectivity index (χ4v) is 4.69. The van der Waals surface area contributed by atoms with E-state index < -0.39 is 54.3 Å². The Labute approximate surface area is 277 Å². The zero-order chi connectivity index (χ0) is 36.3. The number of para-hydroxylation sites is 1. The van der Waals surface area contributed by atoms with Crippen LogP contribution in [0, 0.1) is 18.6 Å². The summed E-state index contributed by atoms with van der Waals surface area (Å²) in [6.07, 6.45) is 0.237. The number of pyridine rings is 1. The van der Waals surface area contributed by atoms with Crippen LogP contribution < -0.4 is 16.2 Å². The van der Waals surface area contributed by atoms with Crippen molar-refractivity contribution in [2.75, 3.05) is 25.1 Å². The number of hydrogen-bond donors (Lipinski definition) is 5. The van der Waals surface area contributed by atoms with Gasteiger partial charge in [-0.25, -0.2) is 18.6 Å². The van der Waals surface area contributed by atoms with Crippen molar-refractivity contribution in [3.05, 3.63) is 81.6 Å². The summed E-state index contributed by atoms with van der Waals surface area (Å²) in [6, 6.07) is 10.2. The van der Waals surface area contributed by atoms with Crippen LogP contribution in [-0.4, -0.2) is 73.7 Å². The molecule has 0 aliphatic heterocycles. The summed E-state index contributed by atoms with van der Waals surface area (Å²) in [6.45, 7) is 3.60. The van der Waals surface area contributed by atoms with Gasteiger partial charge in [0.1, 0.15) is 17.3 Å². The molecule has 16 heteroatoms. The molecule has 2 aromatic heterocycles. The number of unbranched alkanes of at least 4 members (excludes halogenated alkanes) is 4. The van der Waals surface area contributed by atoms with Crippen LogP contribution >= 0.6 is 0 Å².